The van der Waals surface area contributed by atoms with Crippen LogP contribution in [-0.2, 0) is 0 Å². The van der Waals surface area contributed by atoms with Gasteiger partial charge in [0.1, 0.15) is 0 Å². The molecule has 1 atom stereocenters. The van der Waals surface area contributed by atoms with E-state index < -0.39 is 5.97 Å². The first kappa shape index (κ1) is 11.8. The third-order valence-corrected chi connectivity index (χ3v) is 2.96. The Labute approximate surface area is 90.9 Å². The molecule has 0 saturated carbocycles. The Morgan fingerprint density at radius 3 is 2.00 bits per heavy atom. The quantitative estimate of drug-likeness (QED) is 0.803. The molecule has 1 N–H and O–H groups in total. The van der Waals surface area contributed by atoms with Crippen LogP contribution >= 0.6 is 0 Å². The molecule has 0 aromatic heterocycles. The molecule has 2 heteroatoms. The summed E-state index contributed by atoms with van der Waals surface area (Å²) in [6.45, 7) is 8.71. The van der Waals surface area contributed by atoms with Crippen LogP contribution in [0.25, 0.3) is 0 Å². The summed E-state index contributed by atoms with van der Waals surface area (Å²) in [5.74, 6) is -0.453. The second-order valence-electron chi connectivity index (χ2n) is 5.01. The number of rotatable bonds is 2. The zero-order valence-electron chi connectivity index (χ0n) is 9.74. The van der Waals surface area contributed by atoms with Gasteiger partial charge in [0, 0.05) is 0 Å². The minimum absolute atomic E-state index is 0.199. The van der Waals surface area contributed by atoms with Crippen molar-refractivity contribution in [2.45, 2.75) is 33.6 Å². The topological polar surface area (TPSA) is 37.3 Å². The van der Waals surface area contributed by atoms with E-state index in [4.69, 9.17) is 5.11 Å². The van der Waals surface area contributed by atoms with E-state index >= 15 is 0 Å². The van der Waals surface area contributed by atoms with Crippen molar-refractivity contribution in [2.24, 2.45) is 5.41 Å². The van der Waals surface area contributed by atoms with E-state index in [1.807, 2.05) is 12.1 Å². The highest BCUT2D eigenvalue weighted by Gasteiger charge is 2.21. The van der Waals surface area contributed by atoms with Crippen LogP contribution in [0.1, 0.15) is 49.5 Å². The van der Waals surface area contributed by atoms with E-state index in [0.29, 0.717) is 11.5 Å². The molecule has 0 aliphatic heterocycles. The van der Waals surface area contributed by atoms with Crippen molar-refractivity contribution in [3.8, 4) is 0 Å². The first-order chi connectivity index (χ1) is 6.82. The SMILES string of the molecule is CC(c1ccc(C(=O)O)cc1)C(C)(C)C. The van der Waals surface area contributed by atoms with E-state index in [1.165, 1.54) is 5.56 Å². The van der Waals surface area contributed by atoms with Crippen molar-refractivity contribution in [3.63, 3.8) is 0 Å². The number of aromatic carboxylic acids is 1. The van der Waals surface area contributed by atoms with E-state index in [0.717, 1.165) is 0 Å². The average Bonchev–Trinajstić information content (AvgIpc) is 2.15. The van der Waals surface area contributed by atoms with Gasteiger partial charge < -0.3 is 5.11 Å². The second kappa shape index (κ2) is 4.05. The van der Waals surface area contributed by atoms with Crippen LogP contribution in [-0.4, -0.2) is 11.1 Å². The van der Waals surface area contributed by atoms with Gasteiger partial charge in [-0.3, -0.25) is 0 Å². The highest BCUT2D eigenvalue weighted by molar-refractivity contribution is 5.87. The minimum atomic E-state index is -0.870. The summed E-state index contributed by atoms with van der Waals surface area (Å²) in [6.07, 6.45) is 0. The molecule has 0 aliphatic carbocycles. The van der Waals surface area contributed by atoms with Crippen molar-refractivity contribution in [1.82, 2.24) is 0 Å². The van der Waals surface area contributed by atoms with Gasteiger partial charge in [-0.1, -0.05) is 39.8 Å². The zero-order valence-corrected chi connectivity index (χ0v) is 9.74. The lowest BCUT2D eigenvalue weighted by molar-refractivity contribution is 0.0697. The van der Waals surface area contributed by atoms with Crippen LogP contribution in [0.5, 0.6) is 0 Å². The van der Waals surface area contributed by atoms with Crippen molar-refractivity contribution >= 4 is 5.97 Å². The molecule has 1 unspecified atom stereocenters. The first-order valence-corrected chi connectivity index (χ1v) is 5.15. The third-order valence-electron chi connectivity index (χ3n) is 2.96. The molecular formula is C13H18O2. The maximum Gasteiger partial charge on any atom is 0.335 e. The number of carbonyl (C=O) groups is 1. The van der Waals surface area contributed by atoms with Crippen molar-refractivity contribution < 1.29 is 9.90 Å². The molecule has 0 saturated heterocycles. The number of carboxylic acid groups (broad SMARTS) is 1. The molecule has 0 aliphatic rings. The number of hydrogen-bond acceptors (Lipinski definition) is 1. The van der Waals surface area contributed by atoms with E-state index in [2.05, 4.69) is 27.7 Å². The fraction of sp³-hybridized carbons (Fsp3) is 0.462. The second-order valence-corrected chi connectivity index (χ2v) is 5.01. The molecule has 0 bridgehead atoms. The predicted molar refractivity (Wildman–Crippen MR) is 61.3 cm³/mol. The molecule has 0 spiro atoms. The summed E-state index contributed by atoms with van der Waals surface area (Å²) in [4.78, 5) is 10.7. The Morgan fingerprint density at radius 2 is 1.67 bits per heavy atom. The Morgan fingerprint density at radius 1 is 1.20 bits per heavy atom. The normalized spacial score (nSPS) is 13.6. The van der Waals surface area contributed by atoms with Crippen LogP contribution in [0.4, 0.5) is 0 Å². The highest BCUT2D eigenvalue weighted by Crippen LogP contribution is 2.34. The molecule has 15 heavy (non-hydrogen) atoms. The predicted octanol–water partition coefficient (Wildman–Crippen LogP) is 3.53. The van der Waals surface area contributed by atoms with E-state index in [-0.39, 0.29) is 5.41 Å². The molecule has 0 amide bonds. The summed E-state index contributed by atoms with van der Waals surface area (Å²) in [7, 11) is 0. The molecule has 0 fully saturated rings. The van der Waals surface area contributed by atoms with Gasteiger partial charge in [-0.2, -0.15) is 0 Å². The van der Waals surface area contributed by atoms with E-state index in [1.54, 1.807) is 12.1 Å². The molecule has 1 aromatic rings. The molecule has 2 nitrogen and oxygen atoms in total. The number of hydrogen-bond donors (Lipinski definition) is 1. The average molecular weight is 206 g/mol. The van der Waals surface area contributed by atoms with Crippen molar-refractivity contribution in [1.29, 1.82) is 0 Å². The largest absolute Gasteiger partial charge is 0.478 e. The van der Waals surface area contributed by atoms with Crippen LogP contribution in [0.2, 0.25) is 0 Å². The van der Waals surface area contributed by atoms with Gasteiger partial charge in [0.25, 0.3) is 0 Å². The van der Waals surface area contributed by atoms with Gasteiger partial charge in [0.05, 0.1) is 5.56 Å². The molecule has 82 valence electrons. The van der Waals surface area contributed by atoms with Crippen LogP contribution < -0.4 is 0 Å². The number of carboxylic acids is 1. The summed E-state index contributed by atoms with van der Waals surface area (Å²) in [5.41, 5.74) is 1.73. The Balaban J connectivity index is 2.94. The summed E-state index contributed by atoms with van der Waals surface area (Å²) >= 11 is 0. The van der Waals surface area contributed by atoms with E-state index in [9.17, 15) is 4.79 Å². The highest BCUT2D eigenvalue weighted by atomic mass is 16.4. The Bertz CT molecular complexity index is 344. The fourth-order valence-corrected chi connectivity index (χ4v) is 1.41. The van der Waals surface area contributed by atoms with Gasteiger partial charge in [0.2, 0.25) is 0 Å². The zero-order chi connectivity index (χ0) is 11.6. The Hall–Kier alpha value is -1.31. The molecule has 0 heterocycles. The van der Waals surface area contributed by atoms with Crippen molar-refractivity contribution in [3.05, 3.63) is 35.4 Å². The fourth-order valence-electron chi connectivity index (χ4n) is 1.41. The summed E-state index contributed by atoms with van der Waals surface area (Å²) < 4.78 is 0. The van der Waals surface area contributed by atoms with Gasteiger partial charge in [-0.25, -0.2) is 4.79 Å². The van der Waals surface area contributed by atoms with Crippen molar-refractivity contribution in [2.75, 3.05) is 0 Å². The standard InChI is InChI=1S/C13H18O2/c1-9(13(2,3)4)10-5-7-11(8-6-10)12(14)15/h5-9H,1-4H3,(H,14,15). The Kier molecular flexibility index (Phi) is 3.18. The minimum Gasteiger partial charge on any atom is -0.478 e. The smallest absolute Gasteiger partial charge is 0.335 e. The maximum atomic E-state index is 10.7. The lowest BCUT2D eigenvalue weighted by Crippen LogP contribution is -2.15. The number of benzene rings is 1. The lowest BCUT2D eigenvalue weighted by atomic mass is 9.78. The molecule has 1 rings (SSSR count). The van der Waals surface area contributed by atoms with Crippen LogP contribution in [0.3, 0.4) is 0 Å². The molecule has 0 radical (unpaired) electrons. The monoisotopic (exact) mass is 206 g/mol. The van der Waals surface area contributed by atoms with Gasteiger partial charge >= 0.3 is 5.97 Å². The first-order valence-electron chi connectivity index (χ1n) is 5.15. The van der Waals surface area contributed by atoms with Crippen LogP contribution in [0, 0.1) is 5.41 Å². The van der Waals surface area contributed by atoms with Gasteiger partial charge in [0.15, 0.2) is 0 Å². The molecular weight excluding hydrogens is 188 g/mol. The van der Waals surface area contributed by atoms with Gasteiger partial charge in [-0.05, 0) is 29.0 Å². The maximum absolute atomic E-state index is 10.7. The molecule has 1 aromatic carbocycles. The summed E-state index contributed by atoms with van der Waals surface area (Å²) in [5, 5.41) is 8.77. The van der Waals surface area contributed by atoms with Crippen LogP contribution in [0.15, 0.2) is 24.3 Å². The lowest BCUT2D eigenvalue weighted by Gasteiger charge is -2.27. The van der Waals surface area contributed by atoms with Gasteiger partial charge in [-0.15, -0.1) is 0 Å². The third kappa shape index (κ3) is 2.82. The summed E-state index contributed by atoms with van der Waals surface area (Å²) in [6, 6.07) is 7.14.